The van der Waals surface area contributed by atoms with Crippen molar-refractivity contribution in [3.8, 4) is 11.1 Å². The van der Waals surface area contributed by atoms with Gasteiger partial charge < -0.3 is 9.80 Å². The fraction of sp³-hybridized carbons (Fsp3) is 0.370. The summed E-state index contributed by atoms with van der Waals surface area (Å²) in [4.78, 5) is 29.3. The standard InChI is InChI=1S/C27H26FN5O/c28-23-4-2-1-3-21(23)19-14-29-26(30-15-19)33-17-27(8-9-27)22-6-5-18(13-24(22)33)25(34)32-12-11-31-10-7-20(32)16-31/h1-6,13-15,20H,7-12,16-17H2. The number of hydrogen-bond donors (Lipinski definition) is 0. The molecule has 2 aromatic carbocycles. The van der Waals surface area contributed by atoms with Gasteiger partial charge in [0.05, 0.1) is 0 Å². The second-order valence-electron chi connectivity index (χ2n) is 10.1. The second kappa shape index (κ2) is 7.34. The van der Waals surface area contributed by atoms with Crippen molar-refractivity contribution in [2.24, 2.45) is 0 Å². The van der Waals surface area contributed by atoms with Crippen molar-refractivity contribution >= 4 is 17.5 Å². The van der Waals surface area contributed by atoms with Gasteiger partial charge in [-0.1, -0.05) is 24.3 Å². The van der Waals surface area contributed by atoms with Gasteiger partial charge in [-0.3, -0.25) is 9.69 Å². The number of rotatable bonds is 3. The zero-order valence-corrected chi connectivity index (χ0v) is 19.0. The lowest BCUT2D eigenvalue weighted by Gasteiger charge is -2.34. The molecule has 172 valence electrons. The van der Waals surface area contributed by atoms with Crippen LogP contribution in [0.5, 0.6) is 0 Å². The molecule has 1 amide bonds. The predicted octanol–water partition coefficient (Wildman–Crippen LogP) is 4.00. The first kappa shape index (κ1) is 20.1. The normalized spacial score (nSPS) is 23.9. The highest BCUT2D eigenvalue weighted by molar-refractivity contribution is 5.96. The van der Waals surface area contributed by atoms with Crippen LogP contribution in [0.4, 0.5) is 16.0 Å². The molecule has 2 atom stereocenters. The number of anilines is 2. The van der Waals surface area contributed by atoms with Crippen molar-refractivity contribution < 1.29 is 9.18 Å². The molecule has 3 aliphatic heterocycles. The summed E-state index contributed by atoms with van der Waals surface area (Å²) in [6.45, 7) is 4.67. The van der Waals surface area contributed by atoms with Gasteiger partial charge in [0.1, 0.15) is 5.82 Å². The number of nitrogens with zero attached hydrogens (tertiary/aromatic N) is 5. The van der Waals surface area contributed by atoms with E-state index >= 15 is 0 Å². The number of benzene rings is 2. The largest absolute Gasteiger partial charge is 0.333 e. The Morgan fingerprint density at radius 1 is 1.03 bits per heavy atom. The van der Waals surface area contributed by atoms with Gasteiger partial charge in [-0.05, 0) is 43.0 Å². The van der Waals surface area contributed by atoms with Gasteiger partial charge in [0.15, 0.2) is 0 Å². The minimum absolute atomic E-state index is 0.127. The van der Waals surface area contributed by atoms with Gasteiger partial charge in [-0.15, -0.1) is 0 Å². The maximum atomic E-state index is 14.2. The first-order valence-electron chi connectivity index (χ1n) is 12.1. The van der Waals surface area contributed by atoms with Crippen molar-refractivity contribution in [2.45, 2.75) is 30.7 Å². The van der Waals surface area contributed by atoms with E-state index in [2.05, 4.69) is 30.7 Å². The maximum Gasteiger partial charge on any atom is 0.254 e. The van der Waals surface area contributed by atoms with Crippen LogP contribution < -0.4 is 4.90 Å². The fourth-order valence-electron chi connectivity index (χ4n) is 6.00. The van der Waals surface area contributed by atoms with Gasteiger partial charge in [0.25, 0.3) is 5.91 Å². The van der Waals surface area contributed by atoms with E-state index in [-0.39, 0.29) is 17.1 Å². The first-order chi connectivity index (χ1) is 16.6. The van der Waals surface area contributed by atoms with Crippen LogP contribution in [0.15, 0.2) is 54.9 Å². The van der Waals surface area contributed by atoms with Crippen LogP contribution in [-0.2, 0) is 5.41 Å². The summed E-state index contributed by atoms with van der Waals surface area (Å²) in [7, 11) is 0. The van der Waals surface area contributed by atoms with E-state index in [1.54, 1.807) is 24.5 Å². The zero-order valence-electron chi connectivity index (χ0n) is 19.0. The Hall–Kier alpha value is -3.32. The van der Waals surface area contributed by atoms with Crippen LogP contribution >= 0.6 is 0 Å². The van der Waals surface area contributed by atoms with E-state index < -0.39 is 0 Å². The number of halogens is 1. The molecule has 3 aromatic rings. The minimum atomic E-state index is -0.284. The number of hydrogen-bond acceptors (Lipinski definition) is 5. The molecule has 34 heavy (non-hydrogen) atoms. The van der Waals surface area contributed by atoms with Crippen LogP contribution in [0.2, 0.25) is 0 Å². The molecule has 6 nitrogen and oxygen atoms in total. The van der Waals surface area contributed by atoms with E-state index in [1.807, 2.05) is 18.2 Å². The van der Waals surface area contributed by atoms with E-state index in [9.17, 15) is 9.18 Å². The quantitative estimate of drug-likeness (QED) is 0.598. The SMILES string of the molecule is O=C(c1ccc2c(c1)N(c1ncc(-c3ccccc3F)cn1)CC21CC1)N1CCN2CCC1C2. The molecule has 1 spiro atoms. The minimum Gasteiger partial charge on any atom is -0.333 e. The van der Waals surface area contributed by atoms with Gasteiger partial charge >= 0.3 is 0 Å². The summed E-state index contributed by atoms with van der Waals surface area (Å²) >= 11 is 0. The Morgan fingerprint density at radius 2 is 1.85 bits per heavy atom. The van der Waals surface area contributed by atoms with Crippen molar-refractivity contribution in [1.29, 1.82) is 0 Å². The molecular weight excluding hydrogens is 429 g/mol. The summed E-state index contributed by atoms with van der Waals surface area (Å²) in [5.41, 5.74) is 4.35. The molecule has 7 heteroatoms. The monoisotopic (exact) mass is 455 g/mol. The van der Waals surface area contributed by atoms with E-state index in [1.165, 1.54) is 11.6 Å². The van der Waals surface area contributed by atoms with Gasteiger partial charge in [-0.25, -0.2) is 14.4 Å². The molecule has 7 rings (SSSR count). The lowest BCUT2D eigenvalue weighted by Crippen LogP contribution is -2.49. The number of fused-ring (bicyclic) bond motifs is 4. The second-order valence-corrected chi connectivity index (χ2v) is 10.1. The number of amides is 1. The third-order valence-corrected chi connectivity index (χ3v) is 8.09. The van der Waals surface area contributed by atoms with E-state index in [4.69, 9.17) is 0 Å². The van der Waals surface area contributed by atoms with Crippen LogP contribution in [0.3, 0.4) is 0 Å². The predicted molar refractivity (Wildman–Crippen MR) is 128 cm³/mol. The number of carbonyl (C=O) groups is 1. The molecule has 4 aliphatic rings. The highest BCUT2D eigenvalue weighted by Gasteiger charge is 2.52. The molecule has 2 bridgehead atoms. The summed E-state index contributed by atoms with van der Waals surface area (Å²) in [5, 5.41) is 0. The summed E-state index contributed by atoms with van der Waals surface area (Å²) in [6.07, 6.45) is 6.72. The summed E-state index contributed by atoms with van der Waals surface area (Å²) < 4.78 is 14.2. The third kappa shape index (κ3) is 3.06. The number of piperazine rings is 1. The van der Waals surface area contributed by atoms with Crippen molar-refractivity contribution in [3.05, 3.63) is 71.8 Å². The highest BCUT2D eigenvalue weighted by atomic mass is 19.1. The average molecular weight is 456 g/mol. The van der Waals surface area contributed by atoms with Crippen molar-refractivity contribution in [1.82, 2.24) is 19.8 Å². The molecule has 4 heterocycles. The maximum absolute atomic E-state index is 14.2. The smallest absolute Gasteiger partial charge is 0.254 e. The summed E-state index contributed by atoms with van der Waals surface area (Å²) in [6, 6.07) is 13.2. The van der Waals surface area contributed by atoms with Crippen LogP contribution in [0.25, 0.3) is 11.1 Å². The Kier molecular flexibility index (Phi) is 4.34. The molecule has 0 N–H and O–H groups in total. The summed E-state index contributed by atoms with van der Waals surface area (Å²) in [5.74, 6) is 0.439. The average Bonchev–Trinajstić information content (AvgIpc) is 3.46. The Balaban J connectivity index is 1.21. The Morgan fingerprint density at radius 3 is 2.65 bits per heavy atom. The lowest BCUT2D eigenvalue weighted by molar-refractivity contribution is 0.0609. The molecular formula is C27H26FN5O. The molecule has 1 saturated carbocycles. The molecule has 1 aromatic heterocycles. The molecule has 0 radical (unpaired) electrons. The van der Waals surface area contributed by atoms with Crippen molar-refractivity contribution in [2.75, 3.05) is 37.6 Å². The van der Waals surface area contributed by atoms with E-state index in [0.717, 1.165) is 63.2 Å². The third-order valence-electron chi connectivity index (χ3n) is 8.09. The lowest BCUT2D eigenvalue weighted by atomic mass is 9.97. The van der Waals surface area contributed by atoms with Gasteiger partial charge in [-0.2, -0.15) is 0 Å². The molecule has 2 unspecified atom stereocenters. The highest BCUT2D eigenvalue weighted by Crippen LogP contribution is 2.57. The van der Waals surface area contributed by atoms with Crippen LogP contribution in [0.1, 0.15) is 35.2 Å². The Labute approximate surface area is 198 Å². The zero-order chi connectivity index (χ0) is 22.9. The Bertz CT molecular complexity index is 1290. The van der Waals surface area contributed by atoms with E-state index in [0.29, 0.717) is 23.1 Å². The fourth-order valence-corrected chi connectivity index (χ4v) is 6.00. The topological polar surface area (TPSA) is 52.6 Å². The van der Waals surface area contributed by atoms with Crippen LogP contribution in [0, 0.1) is 5.82 Å². The van der Waals surface area contributed by atoms with Crippen molar-refractivity contribution in [3.63, 3.8) is 0 Å². The number of carbonyl (C=O) groups excluding carboxylic acids is 1. The van der Waals surface area contributed by atoms with Gasteiger partial charge in [0.2, 0.25) is 5.95 Å². The van der Waals surface area contributed by atoms with Crippen LogP contribution in [-0.4, -0.2) is 64.4 Å². The van der Waals surface area contributed by atoms with Gasteiger partial charge in [0, 0.05) is 79.0 Å². The molecule has 2 saturated heterocycles. The molecule has 3 fully saturated rings. The molecule has 1 aliphatic carbocycles. The number of aromatic nitrogens is 2. The first-order valence-corrected chi connectivity index (χ1v) is 12.1.